The van der Waals surface area contributed by atoms with E-state index >= 15 is 0 Å². The number of hydrogen-bond acceptors (Lipinski definition) is 1. The first-order valence-electron chi connectivity index (χ1n) is 4.34. The molecule has 5 heteroatoms. The van der Waals surface area contributed by atoms with Crippen LogP contribution in [-0.4, -0.2) is 12.0 Å². The average molecular weight is 238 g/mol. The number of halogens is 4. The Morgan fingerprint density at radius 1 is 1.47 bits per heavy atom. The van der Waals surface area contributed by atoms with Gasteiger partial charge in [0.25, 0.3) is 6.43 Å². The highest BCUT2D eigenvalue weighted by Gasteiger charge is 2.31. The number of benzene rings is 1. The zero-order chi connectivity index (χ0) is 11.6. The van der Waals surface area contributed by atoms with E-state index in [9.17, 15) is 13.2 Å². The van der Waals surface area contributed by atoms with Crippen molar-refractivity contribution in [1.82, 2.24) is 0 Å². The minimum absolute atomic E-state index is 0.104. The molecule has 0 aliphatic rings. The first-order valence-corrected chi connectivity index (χ1v) is 4.71. The van der Waals surface area contributed by atoms with Gasteiger partial charge in [0.1, 0.15) is 5.82 Å². The highest BCUT2D eigenvalue weighted by Crippen LogP contribution is 2.22. The van der Waals surface area contributed by atoms with E-state index in [1.54, 1.807) is 0 Å². The fourth-order valence-electron chi connectivity index (χ4n) is 1.17. The van der Waals surface area contributed by atoms with E-state index in [1.165, 1.54) is 19.1 Å². The summed E-state index contributed by atoms with van der Waals surface area (Å²) in [6.07, 6.45) is -2.97. The number of alkyl halides is 2. The van der Waals surface area contributed by atoms with E-state index in [1.807, 2.05) is 0 Å². The normalized spacial score (nSPS) is 15.4. The Morgan fingerprint density at radius 3 is 2.60 bits per heavy atom. The van der Waals surface area contributed by atoms with Gasteiger partial charge < -0.3 is 5.73 Å². The van der Waals surface area contributed by atoms with Gasteiger partial charge >= 0.3 is 0 Å². The first kappa shape index (κ1) is 12.3. The third kappa shape index (κ3) is 3.11. The van der Waals surface area contributed by atoms with Crippen LogP contribution in [0.3, 0.4) is 0 Å². The van der Waals surface area contributed by atoms with Gasteiger partial charge in [-0.15, -0.1) is 0 Å². The summed E-state index contributed by atoms with van der Waals surface area (Å²) in [6.45, 7) is 1.18. The molecule has 0 aliphatic heterocycles. The lowest BCUT2D eigenvalue weighted by molar-refractivity contribution is 0.0635. The van der Waals surface area contributed by atoms with Gasteiger partial charge in [-0.2, -0.15) is 0 Å². The van der Waals surface area contributed by atoms with Crippen molar-refractivity contribution in [2.24, 2.45) is 5.73 Å². The molecule has 15 heavy (non-hydrogen) atoms. The van der Waals surface area contributed by atoms with Crippen LogP contribution in [0, 0.1) is 5.82 Å². The van der Waals surface area contributed by atoms with Crippen LogP contribution in [0.25, 0.3) is 0 Å². The van der Waals surface area contributed by atoms with Gasteiger partial charge in [-0.3, -0.25) is 0 Å². The summed E-state index contributed by atoms with van der Waals surface area (Å²) >= 11 is 5.63. The van der Waals surface area contributed by atoms with Gasteiger partial charge in [0.15, 0.2) is 0 Å². The summed E-state index contributed by atoms with van der Waals surface area (Å²) in [6, 6.07) is 3.81. The predicted molar refractivity (Wildman–Crippen MR) is 53.7 cm³/mol. The molecular weight excluding hydrogens is 227 g/mol. The van der Waals surface area contributed by atoms with E-state index in [0.717, 1.165) is 6.07 Å². The summed E-state index contributed by atoms with van der Waals surface area (Å²) in [5.41, 5.74) is 3.71. The van der Waals surface area contributed by atoms with Crippen LogP contribution in [0.4, 0.5) is 13.2 Å². The Hall–Kier alpha value is -0.740. The van der Waals surface area contributed by atoms with Crippen molar-refractivity contribution in [2.45, 2.75) is 25.3 Å². The monoisotopic (exact) mass is 237 g/mol. The van der Waals surface area contributed by atoms with E-state index in [0.29, 0.717) is 5.02 Å². The molecular formula is C10H11ClF3N. The van der Waals surface area contributed by atoms with Crippen molar-refractivity contribution < 1.29 is 13.2 Å². The van der Waals surface area contributed by atoms with Gasteiger partial charge in [-0.1, -0.05) is 11.6 Å². The second kappa shape index (κ2) is 4.41. The minimum Gasteiger partial charge on any atom is -0.320 e. The molecule has 1 aromatic carbocycles. The number of rotatable bonds is 3. The first-order chi connectivity index (χ1) is 6.83. The van der Waals surface area contributed by atoms with Crippen molar-refractivity contribution in [2.75, 3.05) is 0 Å². The summed E-state index contributed by atoms with van der Waals surface area (Å²) in [5.74, 6) is -0.572. The third-order valence-corrected chi connectivity index (χ3v) is 2.31. The fourth-order valence-corrected chi connectivity index (χ4v) is 1.36. The fraction of sp³-hybridized carbons (Fsp3) is 0.400. The lowest BCUT2D eigenvalue weighted by Gasteiger charge is -2.23. The predicted octanol–water partition coefficient (Wildman–Crippen LogP) is 3.00. The molecule has 0 bridgehead atoms. The maximum absolute atomic E-state index is 13.2. The van der Waals surface area contributed by atoms with Crippen molar-refractivity contribution in [1.29, 1.82) is 0 Å². The van der Waals surface area contributed by atoms with E-state index in [2.05, 4.69) is 0 Å². The van der Waals surface area contributed by atoms with Crippen LogP contribution < -0.4 is 5.73 Å². The van der Waals surface area contributed by atoms with Crippen molar-refractivity contribution in [3.8, 4) is 0 Å². The molecule has 84 valence electrons. The minimum atomic E-state index is -2.71. The molecule has 0 spiro atoms. The number of hydrogen-bond donors (Lipinski definition) is 1. The van der Waals surface area contributed by atoms with Gasteiger partial charge in [-0.05, 0) is 37.1 Å². The second-order valence-electron chi connectivity index (χ2n) is 3.72. The molecule has 1 unspecified atom stereocenters. The van der Waals surface area contributed by atoms with Gasteiger partial charge in [0, 0.05) is 5.02 Å². The summed E-state index contributed by atoms with van der Waals surface area (Å²) in [5, 5.41) is 0.302. The van der Waals surface area contributed by atoms with Crippen LogP contribution in [0.2, 0.25) is 5.02 Å². The summed E-state index contributed by atoms with van der Waals surface area (Å²) in [4.78, 5) is 0. The lowest BCUT2D eigenvalue weighted by atomic mass is 9.94. The Bertz CT molecular complexity index is 353. The number of nitrogens with two attached hydrogens (primary N) is 1. The molecule has 0 fully saturated rings. The quantitative estimate of drug-likeness (QED) is 0.859. The molecule has 0 saturated carbocycles. The zero-order valence-corrected chi connectivity index (χ0v) is 8.86. The van der Waals surface area contributed by atoms with Crippen LogP contribution in [0.5, 0.6) is 0 Å². The molecule has 0 amide bonds. The van der Waals surface area contributed by atoms with Crippen LogP contribution in [-0.2, 0) is 6.42 Å². The molecule has 1 rings (SSSR count). The largest absolute Gasteiger partial charge is 0.320 e. The van der Waals surface area contributed by atoms with Crippen molar-refractivity contribution in [3.05, 3.63) is 34.6 Å². The maximum Gasteiger partial charge on any atom is 0.256 e. The summed E-state index contributed by atoms with van der Waals surface area (Å²) in [7, 11) is 0. The summed E-state index contributed by atoms with van der Waals surface area (Å²) < 4.78 is 38.1. The average Bonchev–Trinajstić information content (AvgIpc) is 2.10. The Morgan fingerprint density at radius 2 is 2.07 bits per heavy atom. The molecule has 1 atom stereocenters. The van der Waals surface area contributed by atoms with Crippen LogP contribution >= 0.6 is 11.6 Å². The Balaban J connectivity index is 2.94. The SMILES string of the molecule is CC(N)(Cc1cc(Cl)ccc1F)C(F)F. The smallest absolute Gasteiger partial charge is 0.256 e. The highest BCUT2D eigenvalue weighted by atomic mass is 35.5. The lowest BCUT2D eigenvalue weighted by Crippen LogP contribution is -2.46. The standard InChI is InChI=1S/C10H11ClF3N/c1-10(15,9(13)14)5-6-4-7(11)2-3-8(6)12/h2-4,9H,5,15H2,1H3. The van der Waals surface area contributed by atoms with Gasteiger partial charge in [0.2, 0.25) is 0 Å². The van der Waals surface area contributed by atoms with Crippen LogP contribution in [0.15, 0.2) is 18.2 Å². The van der Waals surface area contributed by atoms with Gasteiger partial charge in [0.05, 0.1) is 5.54 Å². The van der Waals surface area contributed by atoms with Gasteiger partial charge in [-0.25, -0.2) is 13.2 Å². The Labute approximate surface area is 91.0 Å². The van der Waals surface area contributed by atoms with E-state index in [4.69, 9.17) is 17.3 Å². The highest BCUT2D eigenvalue weighted by molar-refractivity contribution is 6.30. The Kier molecular flexibility index (Phi) is 3.62. The molecule has 0 aliphatic carbocycles. The molecule has 1 aromatic rings. The molecule has 0 heterocycles. The molecule has 1 nitrogen and oxygen atoms in total. The maximum atomic E-state index is 13.2. The molecule has 2 N–H and O–H groups in total. The van der Waals surface area contributed by atoms with Crippen molar-refractivity contribution in [3.63, 3.8) is 0 Å². The van der Waals surface area contributed by atoms with E-state index < -0.39 is 17.8 Å². The van der Waals surface area contributed by atoms with Crippen LogP contribution in [0.1, 0.15) is 12.5 Å². The van der Waals surface area contributed by atoms with E-state index in [-0.39, 0.29) is 12.0 Å². The zero-order valence-electron chi connectivity index (χ0n) is 8.11. The van der Waals surface area contributed by atoms with Crippen molar-refractivity contribution >= 4 is 11.6 Å². The molecule has 0 radical (unpaired) electrons. The third-order valence-electron chi connectivity index (χ3n) is 2.08. The second-order valence-corrected chi connectivity index (χ2v) is 4.16. The topological polar surface area (TPSA) is 26.0 Å². The molecule has 0 saturated heterocycles. The molecule has 0 aromatic heterocycles.